The zero-order chi connectivity index (χ0) is 77.4. The number of Topliss-reactive ketones (excluding diaryl/α,β-unsaturated/α-hetero) is 2. The lowest BCUT2D eigenvalue weighted by atomic mass is 9.92. The van der Waals surface area contributed by atoms with Gasteiger partial charge < -0.3 is 43.9 Å². The molecule has 568 valence electrons. The molecule has 0 radical (unpaired) electrons. The van der Waals surface area contributed by atoms with Crippen molar-refractivity contribution in [2.24, 2.45) is 35.5 Å². The lowest BCUT2D eigenvalue weighted by Gasteiger charge is -2.44. The molecule has 2 unspecified atom stereocenters. The molecule has 8 rings (SSSR count). The monoisotopic (exact) mass is 1460 g/mol. The zero-order valence-electron chi connectivity index (χ0n) is 66.4. The number of fused-ring (bicyclic) bond motifs is 4. The second-order valence-electron chi connectivity index (χ2n) is 33.0. The molecule has 2 fully saturated rings. The van der Waals surface area contributed by atoms with E-state index in [-0.39, 0.29) is 124 Å². The number of benzene rings is 4. The van der Waals surface area contributed by atoms with Crippen LogP contribution in [0.2, 0.25) is 36.3 Å². The number of carbonyl (C=O) groups excluding carboxylic acids is 8. The fourth-order valence-corrected chi connectivity index (χ4v) is 16.2. The van der Waals surface area contributed by atoms with Crippen LogP contribution < -0.4 is 20.4 Å². The van der Waals surface area contributed by atoms with E-state index in [2.05, 4.69) is 90.5 Å². The number of hydrogen-bond donors (Lipinski definition) is 3. The van der Waals surface area contributed by atoms with Crippen LogP contribution in [0.15, 0.2) is 97.1 Å². The molecule has 0 aliphatic carbocycles. The number of aromatic hydroxyl groups is 1. The Kier molecular flexibility index (Phi) is 27.9. The molecule has 0 spiro atoms. The first-order valence-corrected chi connectivity index (χ1v) is 43.3. The van der Waals surface area contributed by atoms with Crippen LogP contribution in [0, 0.1) is 56.3 Å². The van der Waals surface area contributed by atoms with E-state index in [0.29, 0.717) is 60.3 Å². The number of rotatable bonds is 24. The van der Waals surface area contributed by atoms with Crippen LogP contribution in [0.1, 0.15) is 196 Å². The minimum Gasteiger partial charge on any atom is -0.508 e. The number of ketones is 2. The van der Waals surface area contributed by atoms with E-state index >= 15 is 0 Å². The third-order valence-corrected chi connectivity index (χ3v) is 31.4. The van der Waals surface area contributed by atoms with E-state index in [0.717, 1.165) is 34.2 Å². The highest BCUT2D eigenvalue weighted by molar-refractivity contribution is 6.74. The fraction of sp³-hybridized carbons (Fsp3) is 0.566. The van der Waals surface area contributed by atoms with Crippen LogP contribution in [0.25, 0.3) is 0 Å². The summed E-state index contributed by atoms with van der Waals surface area (Å²) in [7, 11) is -4.99. The van der Waals surface area contributed by atoms with Crippen LogP contribution in [0.4, 0.5) is 21.0 Å². The van der Waals surface area contributed by atoms with Crippen molar-refractivity contribution in [1.29, 1.82) is 0 Å². The van der Waals surface area contributed by atoms with Gasteiger partial charge in [-0.25, -0.2) is 19.4 Å². The Morgan fingerprint density at radius 2 is 0.875 bits per heavy atom. The van der Waals surface area contributed by atoms with E-state index in [4.69, 9.17) is 18.3 Å². The van der Waals surface area contributed by atoms with Crippen LogP contribution in [-0.2, 0) is 63.6 Å². The summed E-state index contributed by atoms with van der Waals surface area (Å²) >= 11 is 0. The third kappa shape index (κ3) is 19.7. The highest BCUT2D eigenvalue weighted by atomic mass is 28.4. The maximum absolute atomic E-state index is 14.4. The number of nitrogens with one attached hydrogen (secondary N) is 2. The predicted octanol–water partition coefficient (Wildman–Crippen LogP) is 16.4. The van der Waals surface area contributed by atoms with Crippen LogP contribution in [0.5, 0.6) is 5.75 Å². The molecule has 2 saturated heterocycles. The summed E-state index contributed by atoms with van der Waals surface area (Å²) in [5.41, 5.74) is 7.08. The highest BCUT2D eigenvalue weighted by Gasteiger charge is 2.54. The molecular weight excluding hydrogens is 1350 g/mol. The topological polar surface area (TPSA) is 231 Å². The zero-order valence-corrected chi connectivity index (χ0v) is 68.4. The van der Waals surface area contributed by atoms with Gasteiger partial charge in [0.2, 0.25) is 11.8 Å². The molecule has 21 heteroatoms. The highest BCUT2D eigenvalue weighted by Crippen LogP contribution is 2.47. The Morgan fingerprint density at radius 1 is 0.538 bits per heavy atom. The van der Waals surface area contributed by atoms with Gasteiger partial charge in [0, 0.05) is 43.8 Å². The van der Waals surface area contributed by atoms with Gasteiger partial charge in [0.1, 0.15) is 19.0 Å². The number of carbonyl (C=O) groups is 8. The van der Waals surface area contributed by atoms with E-state index in [1.54, 1.807) is 31.7 Å². The first kappa shape index (κ1) is 83.5. The molecule has 3 N–H and O–H groups in total. The van der Waals surface area contributed by atoms with E-state index < -0.39 is 59.4 Å². The molecule has 4 aromatic carbocycles. The molecular formula is C83H120N6O13Si2. The lowest BCUT2D eigenvalue weighted by molar-refractivity contribution is -0.130. The smallest absolute Gasteiger partial charge is 0.416 e. The number of phenolic OH excluding ortho intramolecular Hbond substituents is 1. The second kappa shape index (κ2) is 34.7. The van der Waals surface area contributed by atoms with Crippen molar-refractivity contribution >= 4 is 75.4 Å². The van der Waals surface area contributed by atoms with Crippen molar-refractivity contribution in [1.82, 2.24) is 20.4 Å². The number of allylic oxidation sites excluding steroid dienone is 2. The van der Waals surface area contributed by atoms with Crippen molar-refractivity contribution < 1.29 is 61.8 Å². The Hall–Kier alpha value is -7.73. The van der Waals surface area contributed by atoms with Gasteiger partial charge in [-0.05, 0) is 191 Å². The average Bonchev–Trinajstić information content (AvgIpc) is 1.58. The van der Waals surface area contributed by atoms with Crippen molar-refractivity contribution in [3.05, 3.63) is 147 Å². The number of anilines is 2. The number of ether oxygens (including phenoxy) is 2. The summed E-state index contributed by atoms with van der Waals surface area (Å²) < 4.78 is 26.2. The molecule has 10 atom stereocenters. The number of amides is 6. The van der Waals surface area contributed by atoms with Gasteiger partial charge in [-0.3, -0.25) is 28.8 Å². The molecule has 6 amide bonds. The van der Waals surface area contributed by atoms with Gasteiger partial charge in [-0.2, -0.15) is 0 Å². The third-order valence-electron chi connectivity index (χ3n) is 22.5. The normalized spacial score (nSPS) is 20.4. The maximum Gasteiger partial charge on any atom is 0.416 e. The van der Waals surface area contributed by atoms with Crippen LogP contribution >= 0.6 is 0 Å². The Balaban J connectivity index is 0.000000291. The van der Waals surface area contributed by atoms with E-state index in [1.807, 2.05) is 152 Å². The Labute approximate surface area is 621 Å². The first-order chi connectivity index (χ1) is 48.6. The molecule has 0 bridgehead atoms. The largest absolute Gasteiger partial charge is 0.508 e. The molecule has 0 aromatic heterocycles. The second-order valence-corrected chi connectivity index (χ2v) is 42.5. The van der Waals surface area contributed by atoms with Crippen molar-refractivity contribution in [2.75, 3.05) is 22.9 Å². The summed E-state index contributed by atoms with van der Waals surface area (Å²) in [6.45, 7) is 47.5. The summed E-state index contributed by atoms with van der Waals surface area (Å²) in [6, 6.07) is 19.6. The molecule has 4 aliphatic heterocycles. The van der Waals surface area contributed by atoms with E-state index in [1.165, 1.54) is 11.0 Å². The van der Waals surface area contributed by atoms with E-state index in [9.17, 15) is 43.5 Å². The number of aryl methyl sites for hydroxylation is 3. The molecule has 4 heterocycles. The van der Waals surface area contributed by atoms with Gasteiger partial charge >= 0.3 is 12.2 Å². The van der Waals surface area contributed by atoms with Gasteiger partial charge in [0.05, 0.1) is 46.7 Å². The standard InChI is InChI=1S/C42H61N3O6Si.C41H59N3O7Si/c1-13-15-32-22-36-40(51-52(11,12)42(8,9)10)45(35-21-28(6)27(5)20-34(35)39(48)44(36)24-32)41(49)50-25-31-18-16-30(17-19-31)23-37(46)29(7)43-38(47)33(14-2)26(3)4;1-12-14-30-20-34-39(51-52(10,11)41(7,8)9)44(33-22-35(45)26(5)19-32(33)38(48)43(34)23-30)40(49)50-24-29-17-15-28(16-18-29)21-36(46)27(6)42-37(47)31(13-2)25(3)4/h13,15-21,26,29,32-33,36,40H,14,22-25H2,1-12H3,(H,43,47);12,14-19,22,25,27,30-31,34,39,45H,13,20-21,23-24H2,1-11H3,(H,42,47)/b15-13+;14-12+/t29-,32?,33-,36-,40-;27-,30?,31-,34-,39-/m00/s1. The van der Waals surface area contributed by atoms with Crippen LogP contribution in [0.3, 0.4) is 0 Å². The summed E-state index contributed by atoms with van der Waals surface area (Å²) in [4.78, 5) is 115. The first-order valence-electron chi connectivity index (χ1n) is 37.5. The quantitative estimate of drug-likeness (QED) is 0.0438. The minimum atomic E-state index is -2.53. The fourth-order valence-electron chi connectivity index (χ4n) is 13.8. The maximum atomic E-state index is 14.4. The van der Waals surface area contributed by atoms with Crippen molar-refractivity contribution in [2.45, 2.75) is 256 Å². The molecule has 4 aliphatic rings. The van der Waals surface area contributed by atoms with Gasteiger partial charge in [-0.1, -0.05) is 156 Å². The minimum absolute atomic E-state index is 0.000141. The molecule has 19 nitrogen and oxygen atoms in total. The van der Waals surface area contributed by atoms with Crippen LogP contribution in [-0.4, -0.2) is 129 Å². The number of nitrogens with zero attached hydrogens (tertiary/aromatic N) is 4. The Morgan fingerprint density at radius 3 is 1.21 bits per heavy atom. The SMILES string of the molecule is C/C=C/C1C[C@H]2[C@H](O[Si](C)(C)C(C)(C)C)N(C(=O)OCc3ccc(CC(=O)[C@H](C)NC(=O)[C@@H](CC)C(C)C)cc3)c3cc(C)c(C)cc3C(=O)N2C1.C/C=C/C1C[C@H]2[C@H](O[Si](C)(C)C(C)(C)C)N(C(=O)OCc3ccc(CC(=O)[C@H](C)NC(=O)[C@@H](CC)C(C)C)cc3)c3cc(O)c(C)cc3C(=O)N2C1. The number of hydrogen-bond acceptors (Lipinski definition) is 13. The van der Waals surface area contributed by atoms with Crippen molar-refractivity contribution in [3.63, 3.8) is 0 Å². The van der Waals surface area contributed by atoms with Gasteiger partial charge in [0.25, 0.3) is 11.8 Å². The number of phenols is 1. The van der Waals surface area contributed by atoms with Gasteiger partial charge in [0.15, 0.2) is 40.7 Å². The van der Waals surface area contributed by atoms with Crippen molar-refractivity contribution in [3.8, 4) is 5.75 Å². The molecule has 104 heavy (non-hydrogen) atoms. The Bertz CT molecular complexity index is 3570. The average molecular weight is 1470 g/mol. The molecule has 0 saturated carbocycles. The summed E-state index contributed by atoms with van der Waals surface area (Å²) in [5.74, 6) is -0.349. The van der Waals surface area contributed by atoms with Gasteiger partial charge in [-0.15, -0.1) is 0 Å². The lowest BCUT2D eigenvalue weighted by Crippen LogP contribution is -2.58. The molecule has 4 aromatic rings. The summed E-state index contributed by atoms with van der Waals surface area (Å²) in [5, 5.41) is 16.3. The predicted molar refractivity (Wildman–Crippen MR) is 416 cm³/mol. The summed E-state index contributed by atoms with van der Waals surface area (Å²) in [6.07, 6.45) is 8.44.